The second-order valence-corrected chi connectivity index (χ2v) is 5.68. The van der Waals surface area contributed by atoms with Gasteiger partial charge in [-0.1, -0.05) is 0 Å². The molecule has 0 saturated carbocycles. The monoisotopic (exact) mass is 329 g/mol. The van der Waals surface area contributed by atoms with Crippen molar-refractivity contribution >= 4 is 26.0 Å². The fourth-order valence-corrected chi connectivity index (χ4v) is 2.66. The Morgan fingerprint density at radius 2 is 2.00 bits per heavy atom. The molecule has 1 aromatic carbocycles. The molecule has 96 valence electrons. The SMILES string of the molecule is COCCNS(=O)(=O)c1cc(Br)c(F)cc1F. The lowest BCUT2D eigenvalue weighted by Crippen LogP contribution is -2.28. The van der Waals surface area contributed by atoms with Gasteiger partial charge in [-0.05, 0) is 22.0 Å². The normalized spacial score (nSPS) is 11.8. The lowest BCUT2D eigenvalue weighted by molar-refractivity contribution is 0.204. The first-order valence-corrected chi connectivity index (χ1v) is 6.79. The van der Waals surface area contributed by atoms with Gasteiger partial charge in [-0.15, -0.1) is 0 Å². The van der Waals surface area contributed by atoms with Crippen molar-refractivity contribution in [3.8, 4) is 0 Å². The first kappa shape index (κ1) is 14.5. The molecular formula is C9H10BrF2NO3S. The highest BCUT2D eigenvalue weighted by Crippen LogP contribution is 2.23. The Balaban J connectivity index is 3.03. The molecule has 0 bridgehead atoms. The molecule has 1 rings (SSSR count). The topological polar surface area (TPSA) is 55.4 Å². The molecular weight excluding hydrogens is 320 g/mol. The van der Waals surface area contributed by atoms with Gasteiger partial charge >= 0.3 is 0 Å². The summed E-state index contributed by atoms with van der Waals surface area (Å²) in [5.41, 5.74) is 0. The Bertz CT molecular complexity index is 507. The molecule has 0 fully saturated rings. The smallest absolute Gasteiger partial charge is 0.243 e. The van der Waals surface area contributed by atoms with Gasteiger partial charge in [0, 0.05) is 19.7 Å². The van der Waals surface area contributed by atoms with E-state index in [1.807, 2.05) is 0 Å². The predicted molar refractivity (Wildman–Crippen MR) is 61.1 cm³/mol. The van der Waals surface area contributed by atoms with E-state index in [0.29, 0.717) is 6.07 Å². The minimum absolute atomic E-state index is 0.00721. The molecule has 1 N–H and O–H groups in total. The van der Waals surface area contributed by atoms with Crippen LogP contribution in [0.2, 0.25) is 0 Å². The third-order valence-corrected chi connectivity index (χ3v) is 3.95. The van der Waals surface area contributed by atoms with Crippen LogP contribution in [0.3, 0.4) is 0 Å². The number of hydrogen-bond acceptors (Lipinski definition) is 3. The van der Waals surface area contributed by atoms with Gasteiger partial charge in [0.1, 0.15) is 16.5 Å². The number of halogens is 3. The van der Waals surface area contributed by atoms with Crippen LogP contribution in [0, 0.1) is 11.6 Å². The Morgan fingerprint density at radius 1 is 1.35 bits per heavy atom. The van der Waals surface area contributed by atoms with Gasteiger partial charge in [-0.2, -0.15) is 0 Å². The highest BCUT2D eigenvalue weighted by Gasteiger charge is 2.20. The average molecular weight is 330 g/mol. The summed E-state index contributed by atoms with van der Waals surface area (Å²) in [6.07, 6.45) is 0. The van der Waals surface area contributed by atoms with E-state index in [1.54, 1.807) is 0 Å². The molecule has 0 radical (unpaired) electrons. The molecule has 0 aliphatic heterocycles. The standard InChI is InChI=1S/C9H10BrF2NO3S/c1-16-3-2-13-17(14,15)9-4-6(10)7(11)5-8(9)12/h4-5,13H,2-3H2,1H3. The quantitative estimate of drug-likeness (QED) is 0.660. The lowest BCUT2D eigenvalue weighted by atomic mass is 10.3. The number of hydrogen-bond donors (Lipinski definition) is 1. The molecule has 0 unspecified atom stereocenters. The van der Waals surface area contributed by atoms with Crippen molar-refractivity contribution < 1.29 is 21.9 Å². The molecule has 0 aliphatic carbocycles. The third-order valence-electron chi connectivity index (χ3n) is 1.86. The van der Waals surface area contributed by atoms with Gasteiger partial charge in [-0.3, -0.25) is 0 Å². The van der Waals surface area contributed by atoms with E-state index in [4.69, 9.17) is 0 Å². The fraction of sp³-hybridized carbons (Fsp3) is 0.333. The van der Waals surface area contributed by atoms with Crippen LogP contribution >= 0.6 is 15.9 Å². The van der Waals surface area contributed by atoms with Crippen LogP contribution in [0.1, 0.15) is 0 Å². The number of rotatable bonds is 5. The highest BCUT2D eigenvalue weighted by atomic mass is 79.9. The van der Waals surface area contributed by atoms with Crippen LogP contribution < -0.4 is 4.72 Å². The van der Waals surface area contributed by atoms with E-state index >= 15 is 0 Å². The summed E-state index contributed by atoms with van der Waals surface area (Å²) in [5.74, 6) is -2.01. The zero-order valence-electron chi connectivity index (χ0n) is 8.84. The highest BCUT2D eigenvalue weighted by molar-refractivity contribution is 9.10. The Morgan fingerprint density at radius 3 is 2.59 bits per heavy atom. The van der Waals surface area contributed by atoms with Crippen LogP contribution in [0.25, 0.3) is 0 Å². The van der Waals surface area contributed by atoms with Crippen molar-refractivity contribution in [2.75, 3.05) is 20.3 Å². The molecule has 0 spiro atoms. The summed E-state index contributed by atoms with van der Waals surface area (Å²) in [4.78, 5) is -0.609. The summed E-state index contributed by atoms with van der Waals surface area (Å²) in [5, 5.41) is 0. The predicted octanol–water partition coefficient (Wildman–Crippen LogP) is 1.65. The zero-order valence-corrected chi connectivity index (χ0v) is 11.2. The molecule has 8 heteroatoms. The number of ether oxygens (including phenoxy) is 1. The Labute approximate surface area is 106 Å². The van der Waals surface area contributed by atoms with Crippen LogP contribution in [0.5, 0.6) is 0 Å². The molecule has 17 heavy (non-hydrogen) atoms. The minimum Gasteiger partial charge on any atom is -0.383 e. The average Bonchev–Trinajstić information content (AvgIpc) is 2.23. The van der Waals surface area contributed by atoms with E-state index in [0.717, 1.165) is 6.07 Å². The van der Waals surface area contributed by atoms with Gasteiger partial charge in [0.2, 0.25) is 10.0 Å². The summed E-state index contributed by atoms with van der Waals surface area (Å²) >= 11 is 2.80. The van der Waals surface area contributed by atoms with Gasteiger partial charge in [-0.25, -0.2) is 21.9 Å². The minimum atomic E-state index is -4.00. The summed E-state index contributed by atoms with van der Waals surface area (Å²) in [7, 11) is -2.60. The first-order chi connectivity index (χ1) is 7.88. The van der Waals surface area contributed by atoms with Crippen molar-refractivity contribution in [3.63, 3.8) is 0 Å². The summed E-state index contributed by atoms with van der Waals surface area (Å²) in [6.45, 7) is 0.163. The molecule has 0 atom stereocenters. The van der Waals surface area contributed by atoms with Crippen molar-refractivity contribution in [3.05, 3.63) is 28.2 Å². The van der Waals surface area contributed by atoms with Crippen LogP contribution in [-0.4, -0.2) is 28.7 Å². The van der Waals surface area contributed by atoms with Crippen molar-refractivity contribution in [2.24, 2.45) is 0 Å². The Hall–Kier alpha value is -0.570. The van der Waals surface area contributed by atoms with Crippen molar-refractivity contribution in [1.82, 2.24) is 4.72 Å². The van der Waals surface area contributed by atoms with Gasteiger partial charge < -0.3 is 4.74 Å². The molecule has 0 aliphatic rings. The van der Waals surface area contributed by atoms with Crippen LogP contribution in [-0.2, 0) is 14.8 Å². The largest absolute Gasteiger partial charge is 0.383 e. The molecule has 0 aromatic heterocycles. The van der Waals surface area contributed by atoms with E-state index in [2.05, 4.69) is 25.4 Å². The third kappa shape index (κ3) is 3.70. The van der Waals surface area contributed by atoms with Gasteiger partial charge in [0.25, 0.3) is 0 Å². The number of methoxy groups -OCH3 is 1. The van der Waals surface area contributed by atoms with E-state index in [1.165, 1.54) is 7.11 Å². The number of sulfonamides is 1. The molecule has 0 amide bonds. The maximum atomic E-state index is 13.3. The number of nitrogens with one attached hydrogen (secondary N) is 1. The van der Waals surface area contributed by atoms with Crippen LogP contribution in [0.4, 0.5) is 8.78 Å². The first-order valence-electron chi connectivity index (χ1n) is 4.51. The second kappa shape index (κ2) is 5.85. The maximum Gasteiger partial charge on any atom is 0.243 e. The van der Waals surface area contributed by atoms with E-state index in [9.17, 15) is 17.2 Å². The zero-order chi connectivity index (χ0) is 13.1. The van der Waals surface area contributed by atoms with Gasteiger partial charge in [0.05, 0.1) is 11.1 Å². The molecule has 4 nitrogen and oxygen atoms in total. The fourth-order valence-electron chi connectivity index (χ4n) is 1.07. The van der Waals surface area contributed by atoms with E-state index < -0.39 is 26.6 Å². The molecule has 0 saturated heterocycles. The maximum absolute atomic E-state index is 13.3. The number of benzene rings is 1. The van der Waals surface area contributed by atoms with Crippen molar-refractivity contribution in [1.29, 1.82) is 0 Å². The summed E-state index contributed by atoms with van der Waals surface area (Å²) in [6, 6.07) is 1.38. The van der Waals surface area contributed by atoms with E-state index in [-0.39, 0.29) is 17.6 Å². The van der Waals surface area contributed by atoms with Crippen molar-refractivity contribution in [2.45, 2.75) is 4.90 Å². The molecule has 0 heterocycles. The second-order valence-electron chi connectivity index (χ2n) is 3.09. The lowest BCUT2D eigenvalue weighted by Gasteiger charge is -2.08. The van der Waals surface area contributed by atoms with Crippen LogP contribution in [0.15, 0.2) is 21.5 Å². The molecule has 1 aromatic rings. The van der Waals surface area contributed by atoms with Gasteiger partial charge in [0.15, 0.2) is 0 Å². The Kier molecular flexibility index (Phi) is 4.99. The summed E-state index contributed by atoms with van der Waals surface area (Å²) < 4.78 is 56.2.